The molecule has 1 N–H and O–H groups in total. The SMILES string of the molecule is Cc1ccc(C2/C(=C(/O)c3ccc(Cl)cc3)C(=O)C(=O)N2c2nnc(SCc3ccc(Cl)cc3Cl)s2)cc1. The number of nitrogens with zero attached hydrogens (tertiary/aromatic N) is 3. The van der Waals surface area contributed by atoms with E-state index < -0.39 is 17.7 Å². The highest BCUT2D eigenvalue weighted by Crippen LogP contribution is 2.44. The lowest BCUT2D eigenvalue weighted by Crippen LogP contribution is -2.29. The quantitative estimate of drug-likeness (QED) is 0.0800. The fourth-order valence-electron chi connectivity index (χ4n) is 3.99. The minimum absolute atomic E-state index is 0.0291. The molecule has 192 valence electrons. The molecule has 1 unspecified atom stereocenters. The highest BCUT2D eigenvalue weighted by atomic mass is 35.5. The van der Waals surface area contributed by atoms with Crippen LogP contribution in [0, 0.1) is 6.92 Å². The molecule has 1 fully saturated rings. The Kier molecular flexibility index (Phi) is 7.79. The van der Waals surface area contributed by atoms with Crippen molar-refractivity contribution in [1.29, 1.82) is 0 Å². The number of halogens is 3. The van der Waals surface area contributed by atoms with E-state index in [1.807, 2.05) is 37.3 Å². The monoisotopic (exact) mass is 601 g/mol. The number of anilines is 1. The highest BCUT2D eigenvalue weighted by Gasteiger charge is 2.48. The number of hydrogen-bond donors (Lipinski definition) is 1. The summed E-state index contributed by atoms with van der Waals surface area (Å²) in [7, 11) is 0. The van der Waals surface area contributed by atoms with Crippen molar-refractivity contribution in [3.05, 3.63) is 110 Å². The van der Waals surface area contributed by atoms with Gasteiger partial charge in [0.15, 0.2) is 4.34 Å². The molecule has 0 saturated carbocycles. The lowest BCUT2D eigenvalue weighted by molar-refractivity contribution is -0.132. The van der Waals surface area contributed by atoms with Crippen LogP contribution in [0.2, 0.25) is 15.1 Å². The average molecular weight is 603 g/mol. The molecule has 1 atom stereocenters. The summed E-state index contributed by atoms with van der Waals surface area (Å²) in [5, 5.41) is 21.5. The summed E-state index contributed by atoms with van der Waals surface area (Å²) < 4.78 is 0.591. The van der Waals surface area contributed by atoms with Crippen LogP contribution in [0.1, 0.15) is 28.3 Å². The number of Topliss-reactive ketones (excluding diaryl/α,β-unsaturated/α-hetero) is 1. The maximum Gasteiger partial charge on any atom is 0.301 e. The molecular weight excluding hydrogens is 585 g/mol. The van der Waals surface area contributed by atoms with Crippen molar-refractivity contribution >= 4 is 80.5 Å². The maximum atomic E-state index is 13.3. The first-order chi connectivity index (χ1) is 18.2. The molecule has 1 aromatic heterocycles. The fraction of sp³-hybridized carbons (Fsp3) is 0.111. The van der Waals surface area contributed by atoms with Gasteiger partial charge >= 0.3 is 5.91 Å². The van der Waals surface area contributed by atoms with E-state index >= 15 is 0 Å². The third-order valence-electron chi connectivity index (χ3n) is 5.92. The van der Waals surface area contributed by atoms with Crippen LogP contribution in [0.5, 0.6) is 0 Å². The van der Waals surface area contributed by atoms with Gasteiger partial charge in [-0.05, 0) is 54.4 Å². The normalized spacial score (nSPS) is 16.8. The second-order valence-corrected chi connectivity index (χ2v) is 11.9. The molecule has 0 radical (unpaired) electrons. The van der Waals surface area contributed by atoms with Crippen LogP contribution in [0.25, 0.3) is 5.76 Å². The van der Waals surface area contributed by atoms with E-state index in [0.29, 0.717) is 36.3 Å². The topological polar surface area (TPSA) is 83.4 Å². The largest absolute Gasteiger partial charge is 0.507 e. The number of benzene rings is 3. The molecule has 1 saturated heterocycles. The summed E-state index contributed by atoms with van der Waals surface area (Å²) in [6.07, 6.45) is 0. The summed E-state index contributed by atoms with van der Waals surface area (Å²) in [5.74, 6) is -1.37. The Morgan fingerprint density at radius 3 is 2.34 bits per heavy atom. The number of carbonyl (C=O) groups excluding carboxylic acids is 2. The zero-order valence-electron chi connectivity index (χ0n) is 19.7. The van der Waals surface area contributed by atoms with E-state index in [9.17, 15) is 14.7 Å². The lowest BCUT2D eigenvalue weighted by Gasteiger charge is -2.22. The summed E-state index contributed by atoms with van der Waals surface area (Å²) >= 11 is 20.8. The standard InChI is InChI=1S/C27H18Cl3N3O3S2/c1-14-2-4-15(5-3-14)22-21(23(34)16-6-9-18(28)10-7-16)24(35)25(36)33(22)26-31-32-27(38-26)37-13-17-8-11-19(29)12-20(17)30/h2-12,22,34H,13H2,1H3/b23-21-. The van der Waals surface area contributed by atoms with Gasteiger partial charge in [0.05, 0.1) is 11.6 Å². The van der Waals surface area contributed by atoms with E-state index in [0.717, 1.165) is 11.1 Å². The maximum absolute atomic E-state index is 13.3. The van der Waals surface area contributed by atoms with Crippen molar-refractivity contribution in [1.82, 2.24) is 10.2 Å². The number of aliphatic hydroxyl groups excluding tert-OH is 1. The van der Waals surface area contributed by atoms with E-state index in [1.165, 1.54) is 28.0 Å². The number of ketones is 1. The summed E-state index contributed by atoms with van der Waals surface area (Å²) in [4.78, 5) is 27.9. The Bertz CT molecular complexity index is 1570. The highest BCUT2D eigenvalue weighted by molar-refractivity contribution is 8.00. The summed E-state index contributed by atoms with van der Waals surface area (Å²) in [5.41, 5.74) is 2.89. The third kappa shape index (κ3) is 5.32. The Morgan fingerprint density at radius 1 is 0.974 bits per heavy atom. The fourth-order valence-corrected chi connectivity index (χ4v) is 6.55. The molecule has 0 bridgehead atoms. The minimum atomic E-state index is -0.886. The molecule has 2 heterocycles. The number of rotatable bonds is 6. The molecular formula is C27H18Cl3N3O3S2. The molecule has 0 aliphatic carbocycles. The van der Waals surface area contributed by atoms with E-state index in [4.69, 9.17) is 34.8 Å². The van der Waals surface area contributed by atoms with Gasteiger partial charge in [-0.25, -0.2) is 0 Å². The number of hydrogen-bond acceptors (Lipinski definition) is 7. The van der Waals surface area contributed by atoms with Crippen molar-refractivity contribution in [3.63, 3.8) is 0 Å². The van der Waals surface area contributed by atoms with Gasteiger partial charge in [-0.1, -0.05) is 93.8 Å². The Morgan fingerprint density at radius 2 is 1.66 bits per heavy atom. The van der Waals surface area contributed by atoms with E-state index in [-0.39, 0.29) is 16.5 Å². The van der Waals surface area contributed by atoms with Gasteiger partial charge < -0.3 is 5.11 Å². The first-order valence-corrected chi connectivity index (χ1v) is 14.2. The van der Waals surface area contributed by atoms with Gasteiger partial charge in [0, 0.05) is 26.4 Å². The summed E-state index contributed by atoms with van der Waals surface area (Å²) in [6.45, 7) is 1.94. The minimum Gasteiger partial charge on any atom is -0.507 e. The molecule has 3 aromatic carbocycles. The van der Waals surface area contributed by atoms with E-state index in [1.54, 1.807) is 36.4 Å². The zero-order valence-corrected chi connectivity index (χ0v) is 23.6. The molecule has 1 aliphatic heterocycles. The van der Waals surface area contributed by atoms with Crippen LogP contribution >= 0.6 is 57.9 Å². The van der Waals surface area contributed by atoms with Crippen molar-refractivity contribution in [3.8, 4) is 0 Å². The molecule has 1 amide bonds. The Balaban J connectivity index is 1.52. The van der Waals surface area contributed by atoms with Gasteiger partial charge in [0.1, 0.15) is 5.76 Å². The first-order valence-electron chi connectivity index (χ1n) is 11.3. The predicted octanol–water partition coefficient (Wildman–Crippen LogP) is 7.73. The smallest absolute Gasteiger partial charge is 0.301 e. The van der Waals surface area contributed by atoms with Gasteiger partial charge in [-0.2, -0.15) is 0 Å². The molecule has 38 heavy (non-hydrogen) atoms. The molecule has 1 aliphatic rings. The number of aromatic nitrogens is 2. The van der Waals surface area contributed by atoms with Crippen molar-refractivity contribution in [2.24, 2.45) is 0 Å². The van der Waals surface area contributed by atoms with Crippen LogP contribution < -0.4 is 4.90 Å². The zero-order chi connectivity index (χ0) is 27.0. The predicted molar refractivity (Wildman–Crippen MR) is 153 cm³/mol. The Labute approximate surface area is 241 Å². The molecule has 4 aromatic rings. The van der Waals surface area contributed by atoms with Crippen LogP contribution in [0.4, 0.5) is 5.13 Å². The second kappa shape index (κ2) is 11.1. The number of amides is 1. The van der Waals surface area contributed by atoms with E-state index in [2.05, 4.69) is 10.2 Å². The van der Waals surface area contributed by atoms with Crippen molar-refractivity contribution < 1.29 is 14.7 Å². The van der Waals surface area contributed by atoms with Gasteiger partial charge in [-0.15, -0.1) is 10.2 Å². The average Bonchev–Trinajstić information content (AvgIpc) is 3.46. The number of aliphatic hydroxyl groups is 1. The molecule has 11 heteroatoms. The third-order valence-corrected chi connectivity index (χ3v) is 8.87. The Hall–Kier alpha value is -2.88. The van der Waals surface area contributed by atoms with Gasteiger partial charge in [0.2, 0.25) is 5.13 Å². The first kappa shape index (κ1) is 26.7. The molecule has 5 rings (SSSR count). The lowest BCUT2D eigenvalue weighted by atomic mass is 9.95. The number of carbonyl (C=O) groups is 2. The molecule has 6 nitrogen and oxygen atoms in total. The van der Waals surface area contributed by atoms with Crippen LogP contribution in [-0.4, -0.2) is 27.0 Å². The second-order valence-electron chi connectivity index (χ2n) is 8.46. The van der Waals surface area contributed by atoms with Crippen molar-refractivity contribution in [2.75, 3.05) is 4.90 Å². The van der Waals surface area contributed by atoms with Crippen LogP contribution in [0.3, 0.4) is 0 Å². The molecule has 0 spiro atoms. The number of aryl methyl sites for hydroxylation is 1. The van der Waals surface area contributed by atoms with Crippen LogP contribution in [0.15, 0.2) is 76.6 Å². The van der Waals surface area contributed by atoms with Crippen molar-refractivity contribution in [2.45, 2.75) is 23.1 Å². The summed E-state index contributed by atoms with van der Waals surface area (Å²) in [6, 6.07) is 18.2. The number of thioether (sulfide) groups is 1. The van der Waals surface area contributed by atoms with Crippen LogP contribution in [-0.2, 0) is 15.3 Å². The van der Waals surface area contributed by atoms with Gasteiger partial charge in [0.25, 0.3) is 5.78 Å². The van der Waals surface area contributed by atoms with Gasteiger partial charge in [-0.3, -0.25) is 14.5 Å².